The molecule has 0 radical (unpaired) electrons. The van der Waals surface area contributed by atoms with Crippen LogP contribution in [0.25, 0.3) is 0 Å². The molecule has 2 rings (SSSR count). The van der Waals surface area contributed by atoms with Crippen molar-refractivity contribution in [3.63, 3.8) is 0 Å². The maximum atomic E-state index is 12.5. The van der Waals surface area contributed by atoms with Crippen molar-refractivity contribution in [2.75, 3.05) is 19.7 Å². The minimum atomic E-state index is -4.52. The van der Waals surface area contributed by atoms with Crippen LogP contribution in [-0.2, 0) is 6.54 Å². The molecular formula is C17H24F3NO2. The van der Waals surface area contributed by atoms with Gasteiger partial charge in [-0.15, -0.1) is 0 Å². The lowest BCUT2D eigenvalue weighted by Gasteiger charge is -2.34. The minimum absolute atomic E-state index is 0.368. The Hall–Kier alpha value is -1.27. The van der Waals surface area contributed by atoms with Crippen molar-refractivity contribution in [2.24, 2.45) is 5.92 Å². The zero-order chi connectivity index (χ0) is 16.9. The molecule has 1 fully saturated rings. The van der Waals surface area contributed by atoms with Gasteiger partial charge in [-0.1, -0.05) is 19.1 Å². The summed E-state index contributed by atoms with van der Waals surface area (Å²) in [6.45, 7) is 4.54. The van der Waals surface area contributed by atoms with Gasteiger partial charge in [-0.25, -0.2) is 0 Å². The molecule has 1 aliphatic rings. The molecule has 6 heteroatoms. The molecule has 1 aliphatic heterocycles. The summed E-state index contributed by atoms with van der Waals surface area (Å²) in [7, 11) is 0. The number of nitrogens with zero attached hydrogens (tertiary/aromatic N) is 1. The van der Waals surface area contributed by atoms with Crippen molar-refractivity contribution in [2.45, 2.75) is 45.0 Å². The largest absolute Gasteiger partial charge is 0.494 e. The second-order valence-corrected chi connectivity index (χ2v) is 6.10. The Bertz CT molecular complexity index is 485. The summed E-state index contributed by atoms with van der Waals surface area (Å²) in [6, 6.07) is 7.81. The third-order valence-corrected chi connectivity index (χ3v) is 4.19. The van der Waals surface area contributed by atoms with Crippen LogP contribution in [0.15, 0.2) is 24.3 Å². The molecule has 0 spiro atoms. The normalized spacial score (nSPS) is 18.8. The van der Waals surface area contributed by atoms with Gasteiger partial charge < -0.3 is 9.84 Å². The van der Waals surface area contributed by atoms with E-state index in [9.17, 15) is 18.3 Å². The summed E-state index contributed by atoms with van der Waals surface area (Å²) in [5.41, 5.74) is 1.09. The Balaban J connectivity index is 1.84. The van der Waals surface area contributed by atoms with Crippen LogP contribution in [0.3, 0.4) is 0 Å². The molecule has 1 heterocycles. The van der Waals surface area contributed by atoms with Crippen molar-refractivity contribution in [3.05, 3.63) is 29.8 Å². The number of benzene rings is 1. The standard InChI is InChI=1S/C17H24F3NO2/c1-2-10-23-15-5-3-4-13(11-15)12-21-8-6-14(7-9-21)16(22)17(18,19)20/h3-5,11,14,16,22H,2,6-10,12H2,1H3. The average molecular weight is 331 g/mol. The monoisotopic (exact) mass is 331 g/mol. The fraction of sp³-hybridized carbons (Fsp3) is 0.647. The number of ether oxygens (including phenoxy) is 1. The highest BCUT2D eigenvalue weighted by Gasteiger charge is 2.44. The van der Waals surface area contributed by atoms with E-state index in [0.717, 1.165) is 17.7 Å². The molecule has 0 aliphatic carbocycles. The van der Waals surface area contributed by atoms with Gasteiger partial charge in [0.25, 0.3) is 0 Å². The fourth-order valence-electron chi connectivity index (χ4n) is 2.91. The van der Waals surface area contributed by atoms with E-state index >= 15 is 0 Å². The lowest BCUT2D eigenvalue weighted by Crippen LogP contribution is -2.43. The smallest absolute Gasteiger partial charge is 0.414 e. The maximum Gasteiger partial charge on any atom is 0.414 e. The van der Waals surface area contributed by atoms with E-state index in [0.29, 0.717) is 39.1 Å². The molecule has 1 aromatic carbocycles. The van der Waals surface area contributed by atoms with E-state index in [2.05, 4.69) is 4.90 Å². The van der Waals surface area contributed by atoms with Crippen molar-refractivity contribution in [1.29, 1.82) is 0 Å². The zero-order valence-corrected chi connectivity index (χ0v) is 13.4. The van der Waals surface area contributed by atoms with E-state index in [-0.39, 0.29) is 0 Å². The Morgan fingerprint density at radius 2 is 2.00 bits per heavy atom. The van der Waals surface area contributed by atoms with E-state index < -0.39 is 18.2 Å². The second kappa shape index (κ2) is 8.02. The molecule has 1 aromatic rings. The first-order valence-electron chi connectivity index (χ1n) is 8.09. The summed E-state index contributed by atoms with van der Waals surface area (Å²) >= 11 is 0. The molecule has 3 nitrogen and oxygen atoms in total. The Morgan fingerprint density at radius 1 is 1.30 bits per heavy atom. The molecule has 1 saturated heterocycles. The minimum Gasteiger partial charge on any atom is -0.494 e. The van der Waals surface area contributed by atoms with Crippen LogP contribution in [0.4, 0.5) is 13.2 Å². The first kappa shape index (κ1) is 18.1. The molecular weight excluding hydrogens is 307 g/mol. The van der Waals surface area contributed by atoms with Crippen LogP contribution in [0, 0.1) is 5.92 Å². The second-order valence-electron chi connectivity index (χ2n) is 6.10. The maximum absolute atomic E-state index is 12.5. The summed E-state index contributed by atoms with van der Waals surface area (Å²) in [5, 5.41) is 9.35. The van der Waals surface area contributed by atoms with Crippen LogP contribution < -0.4 is 4.74 Å². The van der Waals surface area contributed by atoms with Gasteiger partial charge in [0.1, 0.15) is 5.75 Å². The number of hydrogen-bond donors (Lipinski definition) is 1. The summed E-state index contributed by atoms with van der Waals surface area (Å²) in [4.78, 5) is 2.12. The van der Waals surface area contributed by atoms with E-state index in [1.165, 1.54) is 0 Å². The van der Waals surface area contributed by atoms with Crippen molar-refractivity contribution in [1.82, 2.24) is 4.90 Å². The molecule has 0 bridgehead atoms. The van der Waals surface area contributed by atoms with Gasteiger partial charge in [0.05, 0.1) is 6.61 Å². The molecule has 0 aromatic heterocycles. The van der Waals surface area contributed by atoms with Crippen molar-refractivity contribution in [3.8, 4) is 5.75 Å². The fourth-order valence-corrected chi connectivity index (χ4v) is 2.91. The number of halogens is 3. The lowest BCUT2D eigenvalue weighted by atomic mass is 9.90. The number of aliphatic hydroxyl groups is 1. The molecule has 1 atom stereocenters. The number of hydrogen-bond acceptors (Lipinski definition) is 3. The number of likely N-dealkylation sites (tertiary alicyclic amines) is 1. The van der Waals surface area contributed by atoms with Crippen LogP contribution in [0.1, 0.15) is 31.7 Å². The predicted octanol–water partition coefficient (Wildman–Crippen LogP) is 3.61. The molecule has 0 amide bonds. The SMILES string of the molecule is CCCOc1cccc(CN2CCC(C(O)C(F)(F)F)CC2)c1. The van der Waals surface area contributed by atoms with Gasteiger partial charge in [-0.2, -0.15) is 13.2 Å². The highest BCUT2D eigenvalue weighted by atomic mass is 19.4. The molecule has 0 saturated carbocycles. The Morgan fingerprint density at radius 3 is 2.61 bits per heavy atom. The van der Waals surface area contributed by atoms with Crippen molar-refractivity contribution < 1.29 is 23.0 Å². The van der Waals surface area contributed by atoms with Gasteiger partial charge in [0.2, 0.25) is 0 Å². The molecule has 23 heavy (non-hydrogen) atoms. The third kappa shape index (κ3) is 5.39. The van der Waals surface area contributed by atoms with Gasteiger partial charge in [0, 0.05) is 6.54 Å². The highest BCUT2D eigenvalue weighted by Crippen LogP contribution is 2.32. The van der Waals surface area contributed by atoms with Gasteiger partial charge >= 0.3 is 6.18 Å². The Kier molecular flexibility index (Phi) is 6.30. The predicted molar refractivity (Wildman–Crippen MR) is 82.3 cm³/mol. The molecule has 1 unspecified atom stereocenters. The van der Waals surface area contributed by atoms with Crippen LogP contribution >= 0.6 is 0 Å². The number of aliphatic hydroxyl groups excluding tert-OH is 1. The van der Waals surface area contributed by atoms with Gasteiger partial charge in [-0.3, -0.25) is 4.90 Å². The number of alkyl halides is 3. The summed E-state index contributed by atoms with van der Waals surface area (Å²) in [5.74, 6) is 0.136. The van der Waals surface area contributed by atoms with E-state index in [1.807, 2.05) is 31.2 Å². The first-order chi connectivity index (χ1) is 10.9. The molecule has 130 valence electrons. The van der Waals surface area contributed by atoms with E-state index in [1.54, 1.807) is 0 Å². The van der Waals surface area contributed by atoms with Crippen LogP contribution in [0.5, 0.6) is 5.75 Å². The lowest BCUT2D eigenvalue weighted by molar-refractivity contribution is -0.223. The van der Waals surface area contributed by atoms with Gasteiger partial charge in [0.15, 0.2) is 6.10 Å². The molecule has 1 N–H and O–H groups in total. The average Bonchev–Trinajstić information content (AvgIpc) is 2.52. The van der Waals surface area contributed by atoms with Gasteiger partial charge in [-0.05, 0) is 56.0 Å². The van der Waals surface area contributed by atoms with Crippen LogP contribution in [-0.4, -0.2) is 42.0 Å². The highest BCUT2D eigenvalue weighted by molar-refractivity contribution is 5.28. The third-order valence-electron chi connectivity index (χ3n) is 4.19. The topological polar surface area (TPSA) is 32.7 Å². The zero-order valence-electron chi connectivity index (χ0n) is 13.4. The summed E-state index contributed by atoms with van der Waals surface area (Å²) in [6.07, 6.45) is -5.04. The number of rotatable bonds is 6. The van der Waals surface area contributed by atoms with Crippen molar-refractivity contribution >= 4 is 0 Å². The van der Waals surface area contributed by atoms with Crippen LogP contribution in [0.2, 0.25) is 0 Å². The first-order valence-corrected chi connectivity index (χ1v) is 8.09. The summed E-state index contributed by atoms with van der Waals surface area (Å²) < 4.78 is 43.2. The van der Waals surface area contributed by atoms with E-state index in [4.69, 9.17) is 4.74 Å². The Labute approximate surface area is 135 Å². The quantitative estimate of drug-likeness (QED) is 0.864. The number of piperidine rings is 1.